The van der Waals surface area contributed by atoms with E-state index in [1.54, 1.807) is 0 Å². The Morgan fingerprint density at radius 2 is 2.11 bits per heavy atom. The molecule has 1 rings (SSSR count). The predicted octanol–water partition coefficient (Wildman–Crippen LogP) is 1.50. The summed E-state index contributed by atoms with van der Waals surface area (Å²) in [5.41, 5.74) is 0.0172. The van der Waals surface area contributed by atoms with Crippen LogP contribution in [-0.2, 0) is 9.47 Å². The lowest BCUT2D eigenvalue weighted by atomic mass is 10.1. The standard InChI is InChI=1S/C14H30N2O2/c1-13(2)17-10-5-6-15-7-8-16-9-11-18-14(3,4)12-16/h13,15H,5-12H2,1-4H3. The number of hydrogen-bond acceptors (Lipinski definition) is 4. The van der Waals surface area contributed by atoms with Crippen LogP contribution in [0, 0.1) is 0 Å². The van der Waals surface area contributed by atoms with Gasteiger partial charge in [-0.2, -0.15) is 0 Å². The summed E-state index contributed by atoms with van der Waals surface area (Å²) in [5.74, 6) is 0. The van der Waals surface area contributed by atoms with Crippen molar-refractivity contribution in [3.8, 4) is 0 Å². The van der Waals surface area contributed by atoms with E-state index in [0.29, 0.717) is 6.10 Å². The minimum atomic E-state index is 0.0172. The van der Waals surface area contributed by atoms with Crippen molar-refractivity contribution in [1.29, 1.82) is 0 Å². The van der Waals surface area contributed by atoms with Gasteiger partial charge < -0.3 is 14.8 Å². The number of nitrogens with one attached hydrogen (secondary N) is 1. The molecule has 0 aromatic carbocycles. The second-order valence-corrected chi connectivity index (χ2v) is 5.91. The number of morpholine rings is 1. The van der Waals surface area contributed by atoms with Gasteiger partial charge in [0, 0.05) is 32.8 Å². The van der Waals surface area contributed by atoms with Gasteiger partial charge in [0.25, 0.3) is 0 Å². The first-order valence-corrected chi connectivity index (χ1v) is 7.18. The minimum Gasteiger partial charge on any atom is -0.379 e. The quantitative estimate of drug-likeness (QED) is 0.669. The molecule has 0 aromatic rings. The van der Waals surface area contributed by atoms with Crippen molar-refractivity contribution in [2.75, 3.05) is 45.9 Å². The van der Waals surface area contributed by atoms with E-state index in [1.165, 1.54) is 0 Å². The fraction of sp³-hybridized carbons (Fsp3) is 1.00. The molecule has 4 nitrogen and oxygen atoms in total. The summed E-state index contributed by atoms with van der Waals surface area (Å²) in [5, 5.41) is 3.47. The highest BCUT2D eigenvalue weighted by molar-refractivity contribution is 4.79. The summed E-state index contributed by atoms with van der Waals surface area (Å²) in [6, 6.07) is 0. The Hall–Kier alpha value is -0.160. The van der Waals surface area contributed by atoms with Crippen LogP contribution in [0.15, 0.2) is 0 Å². The molecule has 1 fully saturated rings. The van der Waals surface area contributed by atoms with E-state index >= 15 is 0 Å². The number of nitrogens with zero attached hydrogens (tertiary/aromatic N) is 1. The molecule has 0 unspecified atom stereocenters. The number of ether oxygens (including phenoxy) is 2. The normalized spacial score (nSPS) is 20.5. The zero-order valence-electron chi connectivity index (χ0n) is 12.5. The molecule has 0 saturated carbocycles. The molecule has 18 heavy (non-hydrogen) atoms. The molecule has 1 aliphatic heterocycles. The zero-order valence-corrected chi connectivity index (χ0v) is 12.5. The van der Waals surface area contributed by atoms with E-state index in [4.69, 9.17) is 9.47 Å². The Morgan fingerprint density at radius 3 is 2.78 bits per heavy atom. The van der Waals surface area contributed by atoms with Gasteiger partial charge in [0.1, 0.15) is 0 Å². The van der Waals surface area contributed by atoms with E-state index in [1.807, 2.05) is 0 Å². The van der Waals surface area contributed by atoms with Gasteiger partial charge in [0.15, 0.2) is 0 Å². The summed E-state index contributed by atoms with van der Waals surface area (Å²) in [4.78, 5) is 2.47. The first-order valence-electron chi connectivity index (χ1n) is 7.18. The lowest BCUT2D eigenvalue weighted by Crippen LogP contribution is -2.49. The molecule has 0 bridgehead atoms. The molecule has 0 radical (unpaired) electrons. The lowest BCUT2D eigenvalue weighted by Gasteiger charge is -2.38. The van der Waals surface area contributed by atoms with Gasteiger partial charge in [0.2, 0.25) is 0 Å². The third kappa shape index (κ3) is 7.31. The van der Waals surface area contributed by atoms with Crippen molar-refractivity contribution in [2.24, 2.45) is 0 Å². The topological polar surface area (TPSA) is 33.7 Å². The molecule has 0 amide bonds. The van der Waals surface area contributed by atoms with Crippen LogP contribution in [0.25, 0.3) is 0 Å². The molecule has 108 valence electrons. The Balaban J connectivity index is 1.94. The maximum absolute atomic E-state index is 5.70. The maximum Gasteiger partial charge on any atom is 0.0753 e. The molecule has 1 aliphatic rings. The average molecular weight is 258 g/mol. The van der Waals surface area contributed by atoms with Crippen molar-refractivity contribution in [2.45, 2.75) is 45.8 Å². The number of hydrogen-bond donors (Lipinski definition) is 1. The van der Waals surface area contributed by atoms with Gasteiger partial charge in [-0.05, 0) is 40.7 Å². The van der Waals surface area contributed by atoms with E-state index in [2.05, 4.69) is 37.9 Å². The summed E-state index contributed by atoms with van der Waals surface area (Å²) in [6.45, 7) is 15.5. The van der Waals surface area contributed by atoms with Crippen LogP contribution < -0.4 is 5.32 Å². The lowest BCUT2D eigenvalue weighted by molar-refractivity contribution is -0.0854. The minimum absolute atomic E-state index is 0.0172. The highest BCUT2D eigenvalue weighted by atomic mass is 16.5. The third-order valence-corrected chi connectivity index (χ3v) is 3.06. The third-order valence-electron chi connectivity index (χ3n) is 3.06. The average Bonchev–Trinajstić information content (AvgIpc) is 2.26. The summed E-state index contributed by atoms with van der Waals surface area (Å²) in [7, 11) is 0. The van der Waals surface area contributed by atoms with E-state index in [-0.39, 0.29) is 5.60 Å². The van der Waals surface area contributed by atoms with Crippen molar-refractivity contribution in [1.82, 2.24) is 10.2 Å². The van der Waals surface area contributed by atoms with Crippen LogP contribution >= 0.6 is 0 Å². The van der Waals surface area contributed by atoms with Gasteiger partial charge in [-0.25, -0.2) is 0 Å². The van der Waals surface area contributed by atoms with Crippen LogP contribution in [-0.4, -0.2) is 62.5 Å². The van der Waals surface area contributed by atoms with Crippen molar-refractivity contribution < 1.29 is 9.47 Å². The molecule has 4 heteroatoms. The summed E-state index contributed by atoms with van der Waals surface area (Å²) >= 11 is 0. The first-order chi connectivity index (χ1) is 8.49. The summed E-state index contributed by atoms with van der Waals surface area (Å²) in [6.07, 6.45) is 1.44. The van der Waals surface area contributed by atoms with E-state index in [9.17, 15) is 0 Å². The SMILES string of the molecule is CC(C)OCCCNCCN1CCOC(C)(C)C1. The molecule has 0 aliphatic carbocycles. The Morgan fingerprint density at radius 1 is 1.33 bits per heavy atom. The van der Waals surface area contributed by atoms with Crippen molar-refractivity contribution >= 4 is 0 Å². The molecular formula is C14H30N2O2. The second kappa shape index (κ2) is 8.10. The van der Waals surface area contributed by atoms with Gasteiger partial charge in [-0.1, -0.05) is 0 Å². The van der Waals surface area contributed by atoms with Gasteiger partial charge in [-0.15, -0.1) is 0 Å². The molecule has 0 atom stereocenters. The first kappa shape index (κ1) is 15.9. The maximum atomic E-state index is 5.70. The highest BCUT2D eigenvalue weighted by Crippen LogP contribution is 2.15. The van der Waals surface area contributed by atoms with Gasteiger partial charge in [-0.3, -0.25) is 4.90 Å². The second-order valence-electron chi connectivity index (χ2n) is 5.91. The molecule has 1 saturated heterocycles. The van der Waals surface area contributed by atoms with Gasteiger partial charge in [0.05, 0.1) is 18.3 Å². The van der Waals surface area contributed by atoms with Crippen molar-refractivity contribution in [3.63, 3.8) is 0 Å². The largest absolute Gasteiger partial charge is 0.379 e. The Kier molecular flexibility index (Phi) is 7.15. The van der Waals surface area contributed by atoms with Gasteiger partial charge >= 0.3 is 0 Å². The molecule has 1 heterocycles. The van der Waals surface area contributed by atoms with Crippen LogP contribution in [0.2, 0.25) is 0 Å². The zero-order chi connectivity index (χ0) is 13.4. The Bertz CT molecular complexity index is 220. The fourth-order valence-electron chi connectivity index (χ4n) is 2.18. The Labute approximate surface area is 112 Å². The molecular weight excluding hydrogens is 228 g/mol. The van der Waals surface area contributed by atoms with Crippen LogP contribution in [0.4, 0.5) is 0 Å². The monoisotopic (exact) mass is 258 g/mol. The molecule has 0 aromatic heterocycles. The van der Waals surface area contributed by atoms with Crippen LogP contribution in [0.5, 0.6) is 0 Å². The number of rotatable bonds is 8. The molecule has 1 N–H and O–H groups in total. The van der Waals surface area contributed by atoms with Crippen LogP contribution in [0.3, 0.4) is 0 Å². The smallest absolute Gasteiger partial charge is 0.0753 e. The van der Waals surface area contributed by atoms with E-state index < -0.39 is 0 Å². The molecule has 0 spiro atoms. The summed E-state index contributed by atoms with van der Waals surface area (Å²) < 4.78 is 11.2. The van der Waals surface area contributed by atoms with Crippen LogP contribution in [0.1, 0.15) is 34.1 Å². The predicted molar refractivity (Wildman–Crippen MR) is 75.0 cm³/mol. The fourth-order valence-corrected chi connectivity index (χ4v) is 2.18. The van der Waals surface area contributed by atoms with E-state index in [0.717, 1.165) is 52.4 Å². The highest BCUT2D eigenvalue weighted by Gasteiger charge is 2.26. The van der Waals surface area contributed by atoms with Crippen molar-refractivity contribution in [3.05, 3.63) is 0 Å².